The summed E-state index contributed by atoms with van der Waals surface area (Å²) in [6.07, 6.45) is 0.170. The first kappa shape index (κ1) is 18.8. The van der Waals surface area contributed by atoms with Crippen molar-refractivity contribution in [2.24, 2.45) is 0 Å². The van der Waals surface area contributed by atoms with Gasteiger partial charge in [-0.3, -0.25) is 4.79 Å². The van der Waals surface area contributed by atoms with E-state index in [0.717, 1.165) is 28.7 Å². The molecule has 0 spiro atoms. The third-order valence-electron chi connectivity index (χ3n) is 4.62. The standard InChI is InChI=1S/C21H21F2N3O/c1-14-19(15(2)26(24-14)18-7-5-4-6-8-18)12-21(27)25(3)13-16-9-10-17(22)11-20(16)23/h4-11H,12-13H2,1-3H3. The van der Waals surface area contributed by atoms with E-state index in [1.165, 1.54) is 17.0 Å². The Labute approximate surface area is 157 Å². The summed E-state index contributed by atoms with van der Waals surface area (Å²) in [6.45, 7) is 3.87. The number of rotatable bonds is 5. The summed E-state index contributed by atoms with van der Waals surface area (Å²) in [5.74, 6) is -1.44. The van der Waals surface area contributed by atoms with E-state index in [9.17, 15) is 13.6 Å². The third kappa shape index (κ3) is 4.05. The van der Waals surface area contributed by atoms with Gasteiger partial charge in [-0.2, -0.15) is 5.10 Å². The molecule has 3 aromatic rings. The molecule has 6 heteroatoms. The maximum absolute atomic E-state index is 13.8. The number of hydrogen-bond acceptors (Lipinski definition) is 2. The third-order valence-corrected chi connectivity index (χ3v) is 4.62. The SMILES string of the molecule is Cc1nn(-c2ccccc2)c(C)c1CC(=O)N(C)Cc1ccc(F)cc1F. The van der Waals surface area contributed by atoms with Gasteiger partial charge < -0.3 is 4.90 Å². The van der Waals surface area contributed by atoms with E-state index >= 15 is 0 Å². The number of aromatic nitrogens is 2. The highest BCUT2D eigenvalue weighted by molar-refractivity contribution is 5.79. The molecule has 0 aliphatic heterocycles. The zero-order chi connectivity index (χ0) is 19.6. The lowest BCUT2D eigenvalue weighted by Gasteiger charge is -2.18. The number of benzene rings is 2. The first-order chi connectivity index (χ1) is 12.9. The largest absolute Gasteiger partial charge is 0.341 e. The molecule has 0 saturated heterocycles. The molecule has 4 nitrogen and oxygen atoms in total. The molecule has 2 aromatic carbocycles. The van der Waals surface area contributed by atoms with Gasteiger partial charge in [0.2, 0.25) is 5.91 Å². The molecule has 1 amide bonds. The lowest BCUT2D eigenvalue weighted by Crippen LogP contribution is -2.28. The lowest BCUT2D eigenvalue weighted by atomic mass is 10.1. The first-order valence-corrected chi connectivity index (χ1v) is 8.65. The monoisotopic (exact) mass is 369 g/mol. The van der Waals surface area contributed by atoms with Crippen molar-refractivity contribution in [2.75, 3.05) is 7.05 Å². The predicted octanol–water partition coefficient (Wildman–Crippen LogP) is 3.97. The fraction of sp³-hybridized carbons (Fsp3) is 0.238. The Morgan fingerprint density at radius 3 is 2.48 bits per heavy atom. The molecule has 0 aliphatic rings. The molecule has 0 saturated carbocycles. The van der Waals surface area contributed by atoms with Gasteiger partial charge in [0.05, 0.1) is 17.8 Å². The van der Waals surface area contributed by atoms with E-state index in [4.69, 9.17) is 0 Å². The zero-order valence-electron chi connectivity index (χ0n) is 15.5. The fourth-order valence-corrected chi connectivity index (χ4v) is 3.03. The highest BCUT2D eigenvalue weighted by Gasteiger charge is 2.19. The van der Waals surface area contributed by atoms with Gasteiger partial charge in [0.1, 0.15) is 11.6 Å². The molecule has 0 atom stereocenters. The molecule has 0 aliphatic carbocycles. The zero-order valence-corrected chi connectivity index (χ0v) is 15.5. The minimum atomic E-state index is -0.654. The Hall–Kier alpha value is -3.02. The van der Waals surface area contributed by atoms with Crippen molar-refractivity contribution >= 4 is 5.91 Å². The maximum Gasteiger partial charge on any atom is 0.227 e. The second kappa shape index (κ2) is 7.70. The second-order valence-electron chi connectivity index (χ2n) is 6.56. The van der Waals surface area contributed by atoms with Gasteiger partial charge in [-0.1, -0.05) is 24.3 Å². The quantitative estimate of drug-likeness (QED) is 0.683. The molecule has 0 bridgehead atoms. The summed E-state index contributed by atoms with van der Waals surface area (Å²) in [5, 5.41) is 4.54. The van der Waals surface area contributed by atoms with Gasteiger partial charge in [0.25, 0.3) is 0 Å². The maximum atomic E-state index is 13.8. The van der Waals surface area contributed by atoms with Crippen LogP contribution in [0.3, 0.4) is 0 Å². The van der Waals surface area contributed by atoms with Crippen LogP contribution in [0.25, 0.3) is 5.69 Å². The number of para-hydroxylation sites is 1. The number of hydrogen-bond donors (Lipinski definition) is 0. The summed E-state index contributed by atoms with van der Waals surface area (Å²) >= 11 is 0. The van der Waals surface area contributed by atoms with E-state index < -0.39 is 11.6 Å². The van der Waals surface area contributed by atoms with Crippen LogP contribution in [0.15, 0.2) is 48.5 Å². The number of halogens is 2. The molecule has 0 radical (unpaired) electrons. The second-order valence-corrected chi connectivity index (χ2v) is 6.56. The fourth-order valence-electron chi connectivity index (χ4n) is 3.03. The van der Waals surface area contributed by atoms with Gasteiger partial charge in [-0.25, -0.2) is 13.5 Å². The summed E-state index contributed by atoms with van der Waals surface area (Å²) in [6, 6.07) is 13.1. The van der Waals surface area contributed by atoms with Crippen molar-refractivity contribution in [3.8, 4) is 5.69 Å². The van der Waals surface area contributed by atoms with Crippen LogP contribution < -0.4 is 0 Å². The van der Waals surface area contributed by atoms with Gasteiger partial charge >= 0.3 is 0 Å². The molecule has 27 heavy (non-hydrogen) atoms. The van der Waals surface area contributed by atoms with Gasteiger partial charge in [-0.15, -0.1) is 0 Å². The van der Waals surface area contributed by atoms with Crippen LogP contribution in [0.5, 0.6) is 0 Å². The summed E-state index contributed by atoms with van der Waals surface area (Å²) in [5.41, 5.74) is 3.74. The Morgan fingerprint density at radius 2 is 1.81 bits per heavy atom. The van der Waals surface area contributed by atoms with E-state index in [2.05, 4.69) is 5.10 Å². The van der Waals surface area contributed by atoms with Crippen LogP contribution in [0.1, 0.15) is 22.5 Å². The Bertz CT molecular complexity index is 967. The number of aryl methyl sites for hydroxylation is 1. The molecule has 0 N–H and O–H groups in total. The minimum absolute atomic E-state index is 0.0792. The smallest absolute Gasteiger partial charge is 0.227 e. The van der Waals surface area contributed by atoms with Crippen LogP contribution in [0.4, 0.5) is 8.78 Å². The number of carbonyl (C=O) groups excluding carboxylic acids is 1. The molecule has 1 heterocycles. The number of likely N-dealkylation sites (N-methyl/N-ethyl adjacent to an activating group) is 1. The highest BCUT2D eigenvalue weighted by Crippen LogP contribution is 2.19. The van der Waals surface area contributed by atoms with Crippen LogP contribution in [0.2, 0.25) is 0 Å². The molecule has 0 unspecified atom stereocenters. The van der Waals surface area contributed by atoms with Gasteiger partial charge in [0, 0.05) is 36.5 Å². The van der Waals surface area contributed by atoms with Crippen molar-refractivity contribution in [1.29, 1.82) is 0 Å². The van der Waals surface area contributed by atoms with E-state index in [-0.39, 0.29) is 24.4 Å². The van der Waals surface area contributed by atoms with Crippen molar-refractivity contribution in [1.82, 2.24) is 14.7 Å². The van der Waals surface area contributed by atoms with Crippen molar-refractivity contribution in [2.45, 2.75) is 26.8 Å². The topological polar surface area (TPSA) is 38.1 Å². The lowest BCUT2D eigenvalue weighted by molar-refractivity contribution is -0.129. The Morgan fingerprint density at radius 1 is 1.11 bits per heavy atom. The number of amides is 1. The molecular weight excluding hydrogens is 348 g/mol. The summed E-state index contributed by atoms with van der Waals surface area (Å²) in [7, 11) is 1.61. The minimum Gasteiger partial charge on any atom is -0.341 e. The average molecular weight is 369 g/mol. The van der Waals surface area contributed by atoms with Crippen LogP contribution in [-0.4, -0.2) is 27.6 Å². The molecule has 1 aromatic heterocycles. The van der Waals surface area contributed by atoms with Crippen molar-refractivity contribution < 1.29 is 13.6 Å². The Balaban J connectivity index is 1.77. The molecular formula is C21H21F2N3O. The normalized spacial score (nSPS) is 10.9. The van der Waals surface area contributed by atoms with Crippen molar-refractivity contribution in [3.63, 3.8) is 0 Å². The average Bonchev–Trinajstić information content (AvgIpc) is 2.93. The van der Waals surface area contributed by atoms with Gasteiger partial charge in [0.15, 0.2) is 0 Å². The molecule has 0 fully saturated rings. The summed E-state index contributed by atoms with van der Waals surface area (Å²) < 4.78 is 28.7. The predicted molar refractivity (Wildman–Crippen MR) is 99.6 cm³/mol. The Kier molecular flexibility index (Phi) is 5.35. The summed E-state index contributed by atoms with van der Waals surface area (Å²) in [4.78, 5) is 14.1. The molecule has 3 rings (SSSR count). The first-order valence-electron chi connectivity index (χ1n) is 8.65. The number of nitrogens with zero attached hydrogens (tertiary/aromatic N) is 3. The van der Waals surface area contributed by atoms with Crippen LogP contribution in [-0.2, 0) is 17.8 Å². The van der Waals surface area contributed by atoms with Crippen LogP contribution >= 0.6 is 0 Å². The van der Waals surface area contributed by atoms with E-state index in [0.29, 0.717) is 0 Å². The van der Waals surface area contributed by atoms with E-state index in [1.54, 1.807) is 7.05 Å². The van der Waals surface area contributed by atoms with Crippen LogP contribution in [0, 0.1) is 25.5 Å². The van der Waals surface area contributed by atoms with Crippen molar-refractivity contribution in [3.05, 3.63) is 82.7 Å². The molecule has 140 valence electrons. The van der Waals surface area contributed by atoms with E-state index in [1.807, 2.05) is 48.9 Å². The highest BCUT2D eigenvalue weighted by atomic mass is 19.1. The number of carbonyl (C=O) groups is 1. The van der Waals surface area contributed by atoms with Gasteiger partial charge in [-0.05, 0) is 32.0 Å².